The molecule has 108 valence electrons. The monoisotopic (exact) mass is 282 g/mol. The highest BCUT2D eigenvalue weighted by Crippen LogP contribution is 2.40. The third-order valence-electron chi connectivity index (χ3n) is 3.84. The first kappa shape index (κ1) is 13.5. The Bertz CT molecular complexity index is 655. The molecule has 0 aliphatic heterocycles. The number of hydrogen-bond donors (Lipinski definition) is 2. The lowest BCUT2D eigenvalue weighted by Gasteiger charge is -2.09. The molecule has 21 heavy (non-hydrogen) atoms. The number of nitrogens with one attached hydrogen (secondary N) is 1. The molecule has 2 unspecified atom stereocenters. The van der Waals surface area contributed by atoms with Crippen LogP contribution in [0.3, 0.4) is 0 Å². The molecule has 0 spiro atoms. The minimum Gasteiger partial charge on any atom is -0.497 e. The van der Waals surface area contributed by atoms with Crippen molar-refractivity contribution in [2.45, 2.75) is 18.4 Å². The van der Waals surface area contributed by atoms with Crippen LogP contribution < -0.4 is 15.8 Å². The Morgan fingerprint density at radius 2 is 2.00 bits per heavy atom. The molecule has 0 radical (unpaired) electrons. The van der Waals surface area contributed by atoms with E-state index >= 15 is 0 Å². The summed E-state index contributed by atoms with van der Waals surface area (Å²) in [4.78, 5) is 12.3. The fourth-order valence-electron chi connectivity index (χ4n) is 2.53. The second-order valence-corrected chi connectivity index (χ2v) is 5.29. The smallest absolute Gasteiger partial charge is 0.253 e. The number of anilines is 1. The first-order valence-corrected chi connectivity index (χ1v) is 6.98. The van der Waals surface area contributed by atoms with Crippen LogP contribution in [0.25, 0.3) is 0 Å². The van der Waals surface area contributed by atoms with Gasteiger partial charge in [-0.15, -0.1) is 0 Å². The number of nitrogen functional groups attached to an aromatic ring is 1. The number of carbonyl (C=O) groups excluding carboxylic acids is 1. The highest BCUT2D eigenvalue weighted by atomic mass is 16.5. The summed E-state index contributed by atoms with van der Waals surface area (Å²) in [5.41, 5.74) is 8.06. The quantitative estimate of drug-likeness (QED) is 0.847. The maximum Gasteiger partial charge on any atom is 0.253 e. The minimum atomic E-state index is -0.144. The van der Waals surface area contributed by atoms with Crippen molar-refractivity contribution in [3.8, 4) is 5.75 Å². The van der Waals surface area contributed by atoms with E-state index in [0.29, 0.717) is 22.9 Å². The van der Waals surface area contributed by atoms with Gasteiger partial charge in [0.1, 0.15) is 5.75 Å². The molecule has 4 heteroatoms. The van der Waals surface area contributed by atoms with Crippen molar-refractivity contribution in [3.05, 3.63) is 59.7 Å². The van der Waals surface area contributed by atoms with Crippen LogP contribution in [0.4, 0.5) is 5.69 Å². The standard InChI is InChI=1S/C17H18N2O2/c1-21-12-7-8-15(18)14(9-12)17(20)19-16-10-13(16)11-5-3-2-4-6-11/h2-9,13,16H,10,18H2,1H3,(H,19,20). The molecule has 1 fully saturated rings. The fourth-order valence-corrected chi connectivity index (χ4v) is 2.53. The van der Waals surface area contributed by atoms with Crippen LogP contribution in [0.1, 0.15) is 28.3 Å². The average molecular weight is 282 g/mol. The number of hydrogen-bond acceptors (Lipinski definition) is 3. The SMILES string of the molecule is COc1ccc(N)c(C(=O)NC2CC2c2ccccc2)c1. The molecular weight excluding hydrogens is 264 g/mol. The maximum atomic E-state index is 12.3. The Hall–Kier alpha value is -2.49. The highest BCUT2D eigenvalue weighted by Gasteiger charge is 2.39. The van der Waals surface area contributed by atoms with E-state index in [2.05, 4.69) is 17.4 Å². The van der Waals surface area contributed by atoms with E-state index in [1.165, 1.54) is 5.56 Å². The summed E-state index contributed by atoms with van der Waals surface area (Å²) in [5, 5.41) is 3.04. The summed E-state index contributed by atoms with van der Waals surface area (Å²) in [6, 6.07) is 15.5. The van der Waals surface area contributed by atoms with Crippen LogP contribution in [0, 0.1) is 0 Å². The van der Waals surface area contributed by atoms with Crippen molar-refractivity contribution in [1.82, 2.24) is 5.32 Å². The van der Waals surface area contributed by atoms with E-state index in [4.69, 9.17) is 10.5 Å². The Labute approximate surface area is 123 Å². The molecule has 4 nitrogen and oxygen atoms in total. The maximum absolute atomic E-state index is 12.3. The Morgan fingerprint density at radius 3 is 2.71 bits per heavy atom. The predicted octanol–water partition coefficient (Wildman–Crippen LogP) is 2.56. The van der Waals surface area contributed by atoms with Crippen LogP contribution in [0.5, 0.6) is 5.75 Å². The molecule has 3 N–H and O–H groups in total. The van der Waals surface area contributed by atoms with Gasteiger partial charge < -0.3 is 15.8 Å². The lowest BCUT2D eigenvalue weighted by atomic mass is 10.1. The molecule has 0 aromatic heterocycles. The first-order valence-electron chi connectivity index (χ1n) is 6.98. The number of rotatable bonds is 4. The van der Waals surface area contributed by atoms with Crippen LogP contribution in [0.15, 0.2) is 48.5 Å². The van der Waals surface area contributed by atoms with E-state index in [9.17, 15) is 4.79 Å². The number of ether oxygens (including phenoxy) is 1. The fraction of sp³-hybridized carbons (Fsp3) is 0.235. The zero-order chi connectivity index (χ0) is 14.8. The average Bonchev–Trinajstić information content (AvgIpc) is 3.27. The normalized spacial score (nSPS) is 19.9. The number of benzene rings is 2. The number of nitrogens with two attached hydrogens (primary N) is 1. The summed E-state index contributed by atoms with van der Waals surface area (Å²) in [6.45, 7) is 0. The van der Waals surface area contributed by atoms with Crippen LogP contribution in [-0.2, 0) is 0 Å². The Balaban J connectivity index is 1.68. The molecule has 2 aromatic carbocycles. The molecule has 2 aromatic rings. The molecule has 3 rings (SSSR count). The van der Waals surface area contributed by atoms with E-state index in [-0.39, 0.29) is 11.9 Å². The van der Waals surface area contributed by atoms with Gasteiger partial charge in [0.15, 0.2) is 0 Å². The van der Waals surface area contributed by atoms with Gasteiger partial charge in [-0.1, -0.05) is 30.3 Å². The van der Waals surface area contributed by atoms with Gasteiger partial charge in [0.2, 0.25) is 0 Å². The third kappa shape index (κ3) is 2.84. The topological polar surface area (TPSA) is 64.3 Å². The lowest BCUT2D eigenvalue weighted by Crippen LogP contribution is -2.27. The Kier molecular flexibility index (Phi) is 3.52. The van der Waals surface area contributed by atoms with Gasteiger partial charge in [0.25, 0.3) is 5.91 Å². The second-order valence-electron chi connectivity index (χ2n) is 5.29. The summed E-state index contributed by atoms with van der Waals surface area (Å²) in [7, 11) is 1.57. The van der Waals surface area contributed by atoms with E-state index < -0.39 is 0 Å². The Morgan fingerprint density at radius 1 is 1.24 bits per heavy atom. The molecule has 0 saturated heterocycles. The summed E-state index contributed by atoms with van der Waals surface area (Å²) in [5.74, 6) is 0.890. The minimum absolute atomic E-state index is 0.144. The highest BCUT2D eigenvalue weighted by molar-refractivity contribution is 6.00. The van der Waals surface area contributed by atoms with Gasteiger partial charge >= 0.3 is 0 Å². The zero-order valence-electron chi connectivity index (χ0n) is 11.9. The predicted molar refractivity (Wildman–Crippen MR) is 82.5 cm³/mol. The molecule has 0 heterocycles. The lowest BCUT2D eigenvalue weighted by molar-refractivity contribution is 0.0951. The van der Waals surface area contributed by atoms with Crippen LogP contribution in [0.2, 0.25) is 0 Å². The van der Waals surface area contributed by atoms with Crippen LogP contribution in [-0.4, -0.2) is 19.1 Å². The third-order valence-corrected chi connectivity index (χ3v) is 3.84. The van der Waals surface area contributed by atoms with Crippen molar-refractivity contribution >= 4 is 11.6 Å². The zero-order valence-corrected chi connectivity index (χ0v) is 11.9. The molecule has 0 bridgehead atoms. The van der Waals surface area contributed by atoms with E-state index in [0.717, 1.165) is 6.42 Å². The van der Waals surface area contributed by atoms with E-state index in [1.807, 2.05) is 18.2 Å². The van der Waals surface area contributed by atoms with Crippen molar-refractivity contribution < 1.29 is 9.53 Å². The van der Waals surface area contributed by atoms with Gasteiger partial charge in [-0.3, -0.25) is 4.79 Å². The number of carbonyl (C=O) groups is 1. The van der Waals surface area contributed by atoms with Gasteiger partial charge in [-0.2, -0.15) is 0 Å². The molecule has 1 aliphatic rings. The van der Waals surface area contributed by atoms with Gasteiger partial charge in [0.05, 0.1) is 12.7 Å². The molecule has 1 saturated carbocycles. The van der Waals surface area contributed by atoms with Crippen molar-refractivity contribution in [2.24, 2.45) is 0 Å². The van der Waals surface area contributed by atoms with Crippen LogP contribution >= 0.6 is 0 Å². The van der Waals surface area contributed by atoms with Gasteiger partial charge in [0, 0.05) is 17.6 Å². The number of methoxy groups -OCH3 is 1. The van der Waals surface area contributed by atoms with Crippen molar-refractivity contribution in [3.63, 3.8) is 0 Å². The second kappa shape index (κ2) is 5.48. The first-order chi connectivity index (χ1) is 10.2. The van der Waals surface area contributed by atoms with Crippen molar-refractivity contribution in [1.29, 1.82) is 0 Å². The molecular formula is C17H18N2O2. The summed E-state index contributed by atoms with van der Waals surface area (Å²) >= 11 is 0. The van der Waals surface area contributed by atoms with Crippen molar-refractivity contribution in [2.75, 3.05) is 12.8 Å². The van der Waals surface area contributed by atoms with Gasteiger partial charge in [-0.05, 0) is 30.2 Å². The molecule has 1 amide bonds. The summed E-state index contributed by atoms with van der Waals surface area (Å²) < 4.78 is 5.14. The van der Waals surface area contributed by atoms with Gasteiger partial charge in [-0.25, -0.2) is 0 Å². The van der Waals surface area contributed by atoms with E-state index in [1.54, 1.807) is 25.3 Å². The molecule has 2 atom stereocenters. The summed E-state index contributed by atoms with van der Waals surface area (Å²) in [6.07, 6.45) is 0.972. The molecule has 1 aliphatic carbocycles. The number of amides is 1. The largest absolute Gasteiger partial charge is 0.497 e.